The van der Waals surface area contributed by atoms with Crippen LogP contribution in [0.5, 0.6) is 0 Å². The fraction of sp³-hybridized carbons (Fsp3) is 0.238. The van der Waals surface area contributed by atoms with Gasteiger partial charge in [-0.1, -0.05) is 41.9 Å². The summed E-state index contributed by atoms with van der Waals surface area (Å²) in [5, 5.41) is 13.4. The van der Waals surface area contributed by atoms with Crippen LogP contribution < -0.4 is 10.6 Å². The SMILES string of the molecule is O=C(O)c1c(-c2ccccc2)c2cc(Cl)ccc2c(=O)n1N1CCCCC1. The Morgan fingerprint density at radius 2 is 1.67 bits per heavy atom. The van der Waals surface area contributed by atoms with Gasteiger partial charge in [-0.2, -0.15) is 0 Å². The van der Waals surface area contributed by atoms with Crippen LogP contribution in [0.2, 0.25) is 5.02 Å². The van der Waals surface area contributed by atoms with Gasteiger partial charge in [-0.3, -0.25) is 4.79 Å². The van der Waals surface area contributed by atoms with E-state index in [1.54, 1.807) is 18.2 Å². The van der Waals surface area contributed by atoms with E-state index in [-0.39, 0.29) is 11.3 Å². The summed E-state index contributed by atoms with van der Waals surface area (Å²) in [5.41, 5.74) is 0.933. The Labute approximate surface area is 161 Å². The molecular formula is C21H19ClN2O3. The summed E-state index contributed by atoms with van der Waals surface area (Å²) in [5.74, 6) is -1.13. The molecule has 0 bridgehead atoms. The molecule has 6 heteroatoms. The maximum Gasteiger partial charge on any atom is 0.355 e. The van der Waals surface area contributed by atoms with Crippen LogP contribution in [-0.4, -0.2) is 28.8 Å². The molecule has 0 unspecified atom stereocenters. The zero-order chi connectivity index (χ0) is 19.0. The van der Waals surface area contributed by atoms with Crippen LogP contribution in [0.25, 0.3) is 21.9 Å². The summed E-state index contributed by atoms with van der Waals surface area (Å²) >= 11 is 6.18. The molecule has 0 saturated carbocycles. The fourth-order valence-corrected chi connectivity index (χ4v) is 3.97. The van der Waals surface area contributed by atoms with E-state index >= 15 is 0 Å². The van der Waals surface area contributed by atoms with E-state index in [0.717, 1.165) is 24.8 Å². The number of aromatic carboxylic acids is 1. The number of benzene rings is 2. The smallest absolute Gasteiger partial charge is 0.355 e. The molecular weight excluding hydrogens is 364 g/mol. The summed E-state index contributed by atoms with van der Waals surface area (Å²) < 4.78 is 1.36. The van der Waals surface area contributed by atoms with Crippen LogP contribution in [0.15, 0.2) is 53.3 Å². The van der Waals surface area contributed by atoms with Crippen molar-refractivity contribution in [2.75, 3.05) is 18.1 Å². The summed E-state index contributed by atoms with van der Waals surface area (Å²) in [6.45, 7) is 1.32. The second-order valence-electron chi connectivity index (χ2n) is 6.72. The summed E-state index contributed by atoms with van der Waals surface area (Å²) in [4.78, 5) is 25.6. The van der Waals surface area contributed by atoms with Crippen molar-refractivity contribution in [2.24, 2.45) is 0 Å². The first-order valence-corrected chi connectivity index (χ1v) is 9.38. The lowest BCUT2D eigenvalue weighted by Gasteiger charge is -2.32. The van der Waals surface area contributed by atoms with Crippen molar-refractivity contribution >= 4 is 28.3 Å². The van der Waals surface area contributed by atoms with Crippen LogP contribution in [0.3, 0.4) is 0 Å². The van der Waals surface area contributed by atoms with Gasteiger partial charge < -0.3 is 10.1 Å². The number of nitrogens with zero attached hydrogens (tertiary/aromatic N) is 2. The third-order valence-electron chi connectivity index (χ3n) is 5.00. The normalized spacial score (nSPS) is 14.5. The number of rotatable bonds is 3. The van der Waals surface area contributed by atoms with Crippen LogP contribution in [-0.2, 0) is 0 Å². The molecule has 0 aliphatic carbocycles. The average Bonchev–Trinajstić information content (AvgIpc) is 2.68. The number of aromatic nitrogens is 1. The second kappa shape index (κ2) is 7.08. The first-order chi connectivity index (χ1) is 13.1. The molecule has 1 aromatic heterocycles. The topological polar surface area (TPSA) is 62.5 Å². The van der Waals surface area contributed by atoms with E-state index in [4.69, 9.17) is 11.6 Å². The van der Waals surface area contributed by atoms with Gasteiger partial charge >= 0.3 is 5.97 Å². The molecule has 0 atom stereocenters. The van der Waals surface area contributed by atoms with Gasteiger partial charge in [0.2, 0.25) is 0 Å². The second-order valence-corrected chi connectivity index (χ2v) is 7.15. The van der Waals surface area contributed by atoms with Crippen molar-refractivity contribution < 1.29 is 9.90 Å². The quantitative estimate of drug-likeness (QED) is 0.739. The van der Waals surface area contributed by atoms with Crippen molar-refractivity contribution in [1.29, 1.82) is 0 Å². The van der Waals surface area contributed by atoms with E-state index in [2.05, 4.69) is 0 Å². The van der Waals surface area contributed by atoms with E-state index in [0.29, 0.717) is 34.4 Å². The third kappa shape index (κ3) is 3.08. The highest BCUT2D eigenvalue weighted by Gasteiger charge is 2.26. The fourth-order valence-electron chi connectivity index (χ4n) is 3.80. The molecule has 1 N–H and O–H groups in total. The Hall–Kier alpha value is -2.79. The maximum atomic E-state index is 13.3. The van der Waals surface area contributed by atoms with E-state index in [9.17, 15) is 14.7 Å². The van der Waals surface area contributed by atoms with Crippen molar-refractivity contribution in [2.45, 2.75) is 19.3 Å². The van der Waals surface area contributed by atoms with Crippen molar-refractivity contribution in [3.8, 4) is 11.1 Å². The van der Waals surface area contributed by atoms with Gasteiger partial charge in [-0.25, -0.2) is 9.47 Å². The molecule has 5 nitrogen and oxygen atoms in total. The van der Waals surface area contributed by atoms with E-state index in [1.165, 1.54) is 4.68 Å². The minimum absolute atomic E-state index is 0.0112. The van der Waals surface area contributed by atoms with Gasteiger partial charge in [0.1, 0.15) is 0 Å². The Bertz CT molecular complexity index is 1070. The van der Waals surface area contributed by atoms with Crippen LogP contribution in [0.4, 0.5) is 0 Å². The number of hydrogen-bond acceptors (Lipinski definition) is 3. The summed E-state index contributed by atoms with van der Waals surface area (Å²) in [6.07, 6.45) is 2.96. The molecule has 1 aliphatic rings. The van der Waals surface area contributed by atoms with Gasteiger partial charge in [0.15, 0.2) is 5.69 Å². The molecule has 0 radical (unpaired) electrons. The van der Waals surface area contributed by atoms with Gasteiger partial charge in [0, 0.05) is 29.1 Å². The Balaban J connectivity index is 2.16. The minimum Gasteiger partial charge on any atom is -0.476 e. The number of pyridine rings is 1. The third-order valence-corrected chi connectivity index (χ3v) is 5.24. The van der Waals surface area contributed by atoms with Crippen molar-refractivity contribution in [3.63, 3.8) is 0 Å². The highest BCUT2D eigenvalue weighted by atomic mass is 35.5. The van der Waals surface area contributed by atoms with Crippen LogP contribution in [0, 0.1) is 0 Å². The predicted octanol–water partition coefficient (Wildman–Crippen LogP) is 4.14. The lowest BCUT2D eigenvalue weighted by Crippen LogP contribution is -2.47. The number of hydrogen-bond donors (Lipinski definition) is 1. The molecule has 1 fully saturated rings. The van der Waals surface area contributed by atoms with Gasteiger partial charge in [-0.05, 0) is 48.4 Å². The number of carbonyl (C=O) groups is 1. The number of halogens is 1. The molecule has 4 rings (SSSR count). The van der Waals surface area contributed by atoms with Crippen molar-refractivity contribution in [3.05, 3.63) is 69.6 Å². The molecule has 3 aromatic rings. The minimum atomic E-state index is -1.13. The van der Waals surface area contributed by atoms with Crippen LogP contribution >= 0.6 is 11.6 Å². The predicted molar refractivity (Wildman–Crippen MR) is 107 cm³/mol. The first kappa shape index (κ1) is 17.6. The van der Waals surface area contributed by atoms with Gasteiger partial charge in [0.05, 0.1) is 0 Å². The molecule has 2 aromatic carbocycles. The molecule has 27 heavy (non-hydrogen) atoms. The Kier molecular flexibility index (Phi) is 4.62. The molecule has 1 saturated heterocycles. The van der Waals surface area contributed by atoms with Gasteiger partial charge in [0.25, 0.3) is 5.56 Å². The zero-order valence-electron chi connectivity index (χ0n) is 14.7. The molecule has 0 amide bonds. The monoisotopic (exact) mass is 382 g/mol. The zero-order valence-corrected chi connectivity index (χ0v) is 15.4. The van der Waals surface area contributed by atoms with Gasteiger partial charge in [-0.15, -0.1) is 0 Å². The average molecular weight is 383 g/mol. The number of fused-ring (bicyclic) bond motifs is 1. The standard InChI is InChI=1S/C21H19ClN2O3/c22-15-9-10-16-17(13-15)18(14-7-3-1-4-8-14)19(21(26)27)24(20(16)25)23-11-5-2-6-12-23/h1,3-4,7-10,13H,2,5-6,11-12H2,(H,26,27). The maximum absolute atomic E-state index is 13.3. The largest absolute Gasteiger partial charge is 0.476 e. The summed E-state index contributed by atoms with van der Waals surface area (Å²) in [6, 6.07) is 14.3. The highest BCUT2D eigenvalue weighted by Crippen LogP contribution is 2.32. The van der Waals surface area contributed by atoms with Crippen LogP contribution in [0.1, 0.15) is 29.8 Å². The molecule has 138 valence electrons. The Morgan fingerprint density at radius 1 is 0.963 bits per heavy atom. The molecule has 2 heterocycles. The molecule has 1 aliphatic heterocycles. The highest BCUT2D eigenvalue weighted by molar-refractivity contribution is 6.31. The number of carboxylic acid groups (broad SMARTS) is 1. The lowest BCUT2D eigenvalue weighted by molar-refractivity contribution is 0.0683. The molecule has 0 spiro atoms. The van der Waals surface area contributed by atoms with E-state index in [1.807, 2.05) is 35.3 Å². The number of piperidine rings is 1. The Morgan fingerprint density at radius 3 is 2.33 bits per heavy atom. The lowest BCUT2D eigenvalue weighted by atomic mass is 9.97. The first-order valence-electron chi connectivity index (χ1n) is 9.00. The number of carboxylic acids is 1. The summed E-state index contributed by atoms with van der Waals surface area (Å²) in [7, 11) is 0. The van der Waals surface area contributed by atoms with E-state index < -0.39 is 5.97 Å². The van der Waals surface area contributed by atoms with Crippen molar-refractivity contribution in [1.82, 2.24) is 4.68 Å².